The summed E-state index contributed by atoms with van der Waals surface area (Å²) in [6.45, 7) is 10.3. The first-order chi connectivity index (χ1) is 13.0. The van der Waals surface area contributed by atoms with E-state index >= 15 is 0 Å². The molecule has 1 amide bonds. The first kappa shape index (κ1) is 22.6. The summed E-state index contributed by atoms with van der Waals surface area (Å²) < 4.78 is 31.7. The van der Waals surface area contributed by atoms with Gasteiger partial charge in [0.25, 0.3) is 0 Å². The fraction of sp³-hybridized carbons (Fsp3) is 0.722. The van der Waals surface area contributed by atoms with E-state index in [1.165, 1.54) is 4.88 Å². The van der Waals surface area contributed by atoms with Crippen molar-refractivity contribution in [2.24, 2.45) is 5.41 Å². The molecule has 0 aromatic carbocycles. The number of nitrogens with zero attached hydrogens (tertiary/aromatic N) is 3. The van der Waals surface area contributed by atoms with Gasteiger partial charge in [-0.3, -0.25) is 9.69 Å². The van der Waals surface area contributed by atoms with Crippen LogP contribution in [0, 0.1) is 12.3 Å². The highest BCUT2D eigenvalue weighted by Gasteiger charge is 2.54. The number of carbonyl (C=O) groups excluding carboxylic acids is 1. The van der Waals surface area contributed by atoms with Crippen molar-refractivity contribution in [3.8, 4) is 0 Å². The Hall–Kier alpha value is -1.68. The fourth-order valence-corrected chi connectivity index (χ4v) is 4.46. The Morgan fingerprint density at radius 1 is 1.43 bits per heavy atom. The minimum absolute atomic E-state index is 0.0819. The number of aryl methyl sites for hydroxylation is 1. The number of alkyl halides is 3. The lowest BCUT2D eigenvalue weighted by Crippen LogP contribution is -2.68. The molecule has 28 heavy (non-hydrogen) atoms. The molecule has 2 fully saturated rings. The van der Waals surface area contributed by atoms with Gasteiger partial charge in [-0.2, -0.15) is 13.2 Å². The molecule has 1 aromatic heterocycles. The molecule has 2 aliphatic rings. The number of carbonyl (C=O) groups is 2. The van der Waals surface area contributed by atoms with Crippen molar-refractivity contribution >= 4 is 23.2 Å². The number of hydrogen-bond donors (Lipinski definition) is 1. The quantitative estimate of drug-likeness (QED) is 0.755. The molecule has 0 aliphatic carbocycles. The minimum Gasteiger partial charge on any atom is -0.475 e. The number of aliphatic carboxylic acids is 1. The van der Waals surface area contributed by atoms with Crippen LogP contribution in [-0.4, -0.2) is 63.6 Å². The Morgan fingerprint density at radius 3 is 2.54 bits per heavy atom. The number of hydrogen-bond acceptors (Lipinski definition) is 5. The minimum atomic E-state index is -5.08. The summed E-state index contributed by atoms with van der Waals surface area (Å²) >= 11 is 1.77. The normalized spacial score (nSPS) is 23.8. The Kier molecular flexibility index (Phi) is 7.08. The van der Waals surface area contributed by atoms with Crippen molar-refractivity contribution in [1.29, 1.82) is 0 Å². The van der Waals surface area contributed by atoms with Crippen molar-refractivity contribution in [3.63, 3.8) is 0 Å². The van der Waals surface area contributed by atoms with Gasteiger partial charge >= 0.3 is 12.1 Å². The van der Waals surface area contributed by atoms with Crippen molar-refractivity contribution in [2.75, 3.05) is 19.6 Å². The average Bonchev–Trinajstić information content (AvgIpc) is 3.03. The molecule has 1 N–H and O–H groups in total. The van der Waals surface area contributed by atoms with E-state index in [1.807, 2.05) is 13.1 Å². The summed E-state index contributed by atoms with van der Waals surface area (Å²) in [5.74, 6) is -2.37. The number of rotatable bonds is 4. The van der Waals surface area contributed by atoms with Crippen LogP contribution >= 0.6 is 11.3 Å². The number of amides is 1. The Balaban J connectivity index is 0.000000345. The number of aromatic nitrogens is 1. The summed E-state index contributed by atoms with van der Waals surface area (Å²) in [6, 6.07) is 0.391. The van der Waals surface area contributed by atoms with Gasteiger partial charge in [-0.05, 0) is 39.7 Å². The fourth-order valence-electron chi connectivity index (χ4n) is 3.62. The number of halogens is 3. The number of carboxylic acids is 1. The van der Waals surface area contributed by atoms with E-state index in [9.17, 15) is 18.0 Å². The van der Waals surface area contributed by atoms with Crippen molar-refractivity contribution in [3.05, 3.63) is 16.1 Å². The molecular weight excluding hydrogens is 395 g/mol. The first-order valence-corrected chi connectivity index (χ1v) is 10.0. The lowest BCUT2D eigenvalue weighted by Gasteiger charge is -2.55. The highest BCUT2D eigenvalue weighted by Crippen LogP contribution is 2.42. The predicted octanol–water partition coefficient (Wildman–Crippen LogP) is 3.31. The molecule has 1 aromatic rings. The van der Waals surface area contributed by atoms with Crippen molar-refractivity contribution in [1.82, 2.24) is 14.8 Å². The maximum absolute atomic E-state index is 12.6. The van der Waals surface area contributed by atoms with Crippen LogP contribution in [0.25, 0.3) is 0 Å². The van der Waals surface area contributed by atoms with Crippen LogP contribution < -0.4 is 0 Å². The van der Waals surface area contributed by atoms with Gasteiger partial charge in [0.1, 0.15) is 0 Å². The van der Waals surface area contributed by atoms with Gasteiger partial charge in [-0.15, -0.1) is 11.3 Å². The van der Waals surface area contributed by atoms with E-state index in [0.29, 0.717) is 11.9 Å². The molecule has 3 rings (SSSR count). The lowest BCUT2D eigenvalue weighted by molar-refractivity contribution is -0.192. The molecule has 10 heteroatoms. The van der Waals surface area contributed by atoms with Crippen LogP contribution in [0.15, 0.2) is 6.20 Å². The summed E-state index contributed by atoms with van der Waals surface area (Å²) in [6.07, 6.45) is 0.149. The van der Waals surface area contributed by atoms with E-state index in [4.69, 9.17) is 9.90 Å². The van der Waals surface area contributed by atoms with E-state index in [0.717, 1.165) is 50.4 Å². The second kappa shape index (κ2) is 8.77. The number of carboxylic acid groups (broad SMARTS) is 1. The van der Waals surface area contributed by atoms with Crippen LogP contribution in [0.2, 0.25) is 0 Å². The molecule has 2 aliphatic heterocycles. The summed E-state index contributed by atoms with van der Waals surface area (Å²) in [4.78, 5) is 31.7. The van der Waals surface area contributed by atoms with Crippen LogP contribution in [0.1, 0.15) is 43.0 Å². The smallest absolute Gasteiger partial charge is 0.475 e. The van der Waals surface area contributed by atoms with Gasteiger partial charge in [0.05, 0.1) is 10.4 Å². The molecule has 3 heterocycles. The maximum Gasteiger partial charge on any atom is 0.490 e. The Labute approximate surface area is 166 Å². The predicted molar refractivity (Wildman–Crippen MR) is 99.0 cm³/mol. The number of likely N-dealkylation sites (tertiary alicyclic amines) is 2. The third-order valence-corrected chi connectivity index (χ3v) is 6.15. The van der Waals surface area contributed by atoms with Gasteiger partial charge in [-0.25, -0.2) is 9.78 Å². The summed E-state index contributed by atoms with van der Waals surface area (Å²) in [5, 5.41) is 8.25. The highest BCUT2D eigenvalue weighted by molar-refractivity contribution is 7.11. The van der Waals surface area contributed by atoms with Gasteiger partial charge < -0.3 is 10.0 Å². The van der Waals surface area contributed by atoms with E-state index in [2.05, 4.69) is 28.6 Å². The van der Waals surface area contributed by atoms with E-state index < -0.39 is 12.1 Å². The second-order valence-electron chi connectivity index (χ2n) is 7.43. The molecular formula is C18H26F3N3O3S. The number of thiazole rings is 1. The zero-order chi connectivity index (χ0) is 21.1. The summed E-state index contributed by atoms with van der Waals surface area (Å²) in [7, 11) is 0. The topological polar surface area (TPSA) is 73.7 Å². The highest BCUT2D eigenvalue weighted by atomic mass is 32.1. The number of β-lactam (4-membered cyclic amide) rings is 1. The van der Waals surface area contributed by atoms with Gasteiger partial charge in [0.15, 0.2) is 0 Å². The molecule has 6 nitrogen and oxygen atoms in total. The molecule has 0 bridgehead atoms. The monoisotopic (exact) mass is 421 g/mol. The zero-order valence-electron chi connectivity index (χ0n) is 16.3. The van der Waals surface area contributed by atoms with Gasteiger partial charge in [0, 0.05) is 36.8 Å². The summed E-state index contributed by atoms with van der Waals surface area (Å²) in [5.41, 5.74) is -0.0819. The third kappa shape index (κ3) is 5.22. The molecule has 2 unspecified atom stereocenters. The lowest BCUT2D eigenvalue weighted by atomic mass is 9.71. The van der Waals surface area contributed by atoms with E-state index in [1.54, 1.807) is 11.3 Å². The standard InChI is InChI=1S/C16H25N3OS.C2HF3O2/c1-4-12(2)19-11-16(15(19)20)6-5-7-18(10-16)9-14-8-17-13(3)21-14;3-2(4,5)1(6)7/h8,12H,4-7,9-11H2,1-3H3;(H,6,7). The Morgan fingerprint density at radius 2 is 2.07 bits per heavy atom. The van der Waals surface area contributed by atoms with Gasteiger partial charge in [0.2, 0.25) is 5.91 Å². The maximum atomic E-state index is 12.6. The van der Waals surface area contributed by atoms with Crippen molar-refractivity contribution < 1.29 is 27.9 Å². The molecule has 0 saturated carbocycles. The van der Waals surface area contributed by atoms with Gasteiger partial charge in [-0.1, -0.05) is 6.92 Å². The molecule has 2 atom stereocenters. The average molecular weight is 421 g/mol. The van der Waals surface area contributed by atoms with Crippen LogP contribution in [0.4, 0.5) is 13.2 Å². The zero-order valence-corrected chi connectivity index (χ0v) is 17.1. The third-order valence-electron chi connectivity index (χ3n) is 5.26. The largest absolute Gasteiger partial charge is 0.490 e. The molecule has 1 spiro atoms. The van der Waals surface area contributed by atoms with Crippen LogP contribution in [0.5, 0.6) is 0 Å². The molecule has 2 saturated heterocycles. The second-order valence-corrected chi connectivity index (χ2v) is 8.75. The number of piperidine rings is 1. The Bertz CT molecular complexity index is 710. The van der Waals surface area contributed by atoms with E-state index in [-0.39, 0.29) is 5.41 Å². The SMILES string of the molecule is CCC(C)N1CC2(CCCN(Cc3cnc(C)s3)C2)C1=O.O=C(O)C(F)(F)F. The molecule has 0 radical (unpaired) electrons. The first-order valence-electron chi connectivity index (χ1n) is 9.23. The molecule has 158 valence electrons. The van der Waals surface area contributed by atoms with Crippen LogP contribution in [0.3, 0.4) is 0 Å². The van der Waals surface area contributed by atoms with Crippen molar-refractivity contribution in [2.45, 2.75) is 58.8 Å². The van der Waals surface area contributed by atoms with Crippen LogP contribution in [-0.2, 0) is 16.1 Å².